The zero-order valence-electron chi connectivity index (χ0n) is 16.1. The molecule has 0 spiro atoms. The monoisotopic (exact) mass is 407 g/mol. The van der Waals surface area contributed by atoms with Gasteiger partial charge in [-0.15, -0.1) is 0 Å². The fourth-order valence-electron chi connectivity index (χ4n) is 2.85. The predicted molar refractivity (Wildman–Crippen MR) is 103 cm³/mol. The summed E-state index contributed by atoms with van der Waals surface area (Å²) < 4.78 is 33.2. The molecule has 0 fully saturated rings. The fraction of sp³-hybridized carbons (Fsp3) is 0.368. The summed E-state index contributed by atoms with van der Waals surface area (Å²) in [6, 6.07) is 8.30. The van der Waals surface area contributed by atoms with Crippen LogP contribution in [0.3, 0.4) is 0 Å². The van der Waals surface area contributed by atoms with Crippen LogP contribution in [0.1, 0.15) is 26.3 Å². The molecule has 2 rings (SSSR count). The van der Waals surface area contributed by atoms with Crippen LogP contribution in [0.2, 0.25) is 0 Å². The molecule has 1 unspecified atom stereocenters. The Bertz CT molecular complexity index is 870. The Balaban J connectivity index is 2.50. The zero-order valence-corrected chi connectivity index (χ0v) is 16.9. The number of ether oxygens (including phenoxy) is 1. The molecule has 0 saturated heterocycles. The van der Waals surface area contributed by atoms with E-state index in [9.17, 15) is 13.2 Å². The molecular weight excluding hydrogens is 382 g/mol. The van der Waals surface area contributed by atoms with E-state index in [0.717, 1.165) is 4.31 Å². The Morgan fingerprint density at radius 2 is 1.93 bits per heavy atom. The number of nitrogens with one attached hydrogen (secondary N) is 1. The van der Waals surface area contributed by atoms with Crippen molar-refractivity contribution in [2.24, 2.45) is 5.92 Å². The molecule has 1 atom stereocenters. The van der Waals surface area contributed by atoms with Crippen LogP contribution in [-0.4, -0.2) is 41.5 Å². The topological polar surface area (TPSA) is 109 Å². The van der Waals surface area contributed by atoms with Gasteiger partial charge in [-0.2, -0.15) is 4.31 Å². The first-order chi connectivity index (χ1) is 13.3. The molecule has 8 nitrogen and oxygen atoms in total. The minimum atomic E-state index is -4.05. The lowest BCUT2D eigenvalue weighted by atomic mass is 10.0. The first kappa shape index (κ1) is 21.8. The highest BCUT2D eigenvalue weighted by atomic mass is 32.2. The molecular formula is C19H25N3O5S. The maximum atomic E-state index is 13.4. The number of aromatic nitrogens is 1. The summed E-state index contributed by atoms with van der Waals surface area (Å²) in [5.74, 6) is -0.636. The van der Waals surface area contributed by atoms with E-state index in [1.165, 1.54) is 18.3 Å². The first-order valence-electron chi connectivity index (χ1n) is 8.88. The molecule has 1 heterocycles. The SMILES string of the molecule is CCOc1ccc(S(=O)(=O)N(Cc2cccnc2)C(C(=O)NO)C(C)C)cc1. The summed E-state index contributed by atoms with van der Waals surface area (Å²) in [4.78, 5) is 16.3. The van der Waals surface area contributed by atoms with Crippen LogP contribution >= 0.6 is 0 Å². The third kappa shape index (κ3) is 5.06. The van der Waals surface area contributed by atoms with Crippen LogP contribution in [0, 0.1) is 5.92 Å². The second-order valence-electron chi connectivity index (χ2n) is 6.48. The highest BCUT2D eigenvalue weighted by Crippen LogP contribution is 2.26. The van der Waals surface area contributed by atoms with E-state index < -0.39 is 22.0 Å². The third-order valence-electron chi connectivity index (χ3n) is 4.12. The van der Waals surface area contributed by atoms with Gasteiger partial charge in [0.15, 0.2) is 0 Å². The van der Waals surface area contributed by atoms with E-state index in [-0.39, 0.29) is 17.4 Å². The average molecular weight is 407 g/mol. The molecule has 1 aromatic carbocycles. The lowest BCUT2D eigenvalue weighted by molar-refractivity contribution is -0.134. The average Bonchev–Trinajstić information content (AvgIpc) is 2.68. The third-order valence-corrected chi connectivity index (χ3v) is 5.96. The van der Waals surface area contributed by atoms with Gasteiger partial charge < -0.3 is 4.74 Å². The standard InChI is InChI=1S/C19H25N3O5S/c1-4-27-16-7-9-17(10-8-16)28(25,26)22(13-15-6-5-11-20-12-15)18(14(2)3)19(23)21-24/h5-12,14,18,24H,4,13H2,1-3H3,(H,21,23). The van der Waals surface area contributed by atoms with Gasteiger partial charge in [0.25, 0.3) is 5.91 Å². The van der Waals surface area contributed by atoms with E-state index in [0.29, 0.717) is 17.9 Å². The number of sulfonamides is 1. The molecule has 0 aliphatic carbocycles. The number of nitrogens with zero attached hydrogens (tertiary/aromatic N) is 2. The lowest BCUT2D eigenvalue weighted by Gasteiger charge is -2.32. The van der Waals surface area contributed by atoms with Crippen LogP contribution in [-0.2, 0) is 21.4 Å². The molecule has 152 valence electrons. The molecule has 0 saturated carbocycles. The largest absolute Gasteiger partial charge is 0.494 e. The van der Waals surface area contributed by atoms with Crippen LogP contribution in [0.5, 0.6) is 5.75 Å². The summed E-state index contributed by atoms with van der Waals surface area (Å²) in [5, 5.41) is 9.15. The molecule has 0 radical (unpaired) electrons. The van der Waals surface area contributed by atoms with Crippen LogP contribution in [0.15, 0.2) is 53.7 Å². The number of amides is 1. The number of pyridine rings is 1. The Morgan fingerprint density at radius 1 is 1.25 bits per heavy atom. The quantitative estimate of drug-likeness (QED) is 0.487. The summed E-state index contributed by atoms with van der Waals surface area (Å²) in [7, 11) is -4.05. The molecule has 2 aromatic rings. The number of hydrogen-bond acceptors (Lipinski definition) is 6. The smallest absolute Gasteiger partial charge is 0.262 e. The fourth-order valence-corrected chi connectivity index (χ4v) is 4.55. The summed E-state index contributed by atoms with van der Waals surface area (Å²) in [5.41, 5.74) is 2.20. The van der Waals surface area contributed by atoms with Crippen LogP contribution in [0.25, 0.3) is 0 Å². The van der Waals surface area contributed by atoms with Crippen molar-refractivity contribution in [2.75, 3.05) is 6.61 Å². The van der Waals surface area contributed by atoms with Gasteiger partial charge in [-0.3, -0.25) is 15.0 Å². The minimum Gasteiger partial charge on any atom is -0.494 e. The van der Waals surface area contributed by atoms with Gasteiger partial charge in [-0.25, -0.2) is 13.9 Å². The maximum absolute atomic E-state index is 13.4. The highest BCUT2D eigenvalue weighted by molar-refractivity contribution is 7.89. The zero-order chi connectivity index (χ0) is 20.7. The maximum Gasteiger partial charge on any atom is 0.262 e. The van der Waals surface area contributed by atoms with E-state index in [2.05, 4.69) is 4.98 Å². The normalized spacial score (nSPS) is 12.8. The summed E-state index contributed by atoms with van der Waals surface area (Å²) in [6.07, 6.45) is 3.12. The number of hydroxylamine groups is 1. The van der Waals surface area contributed by atoms with Gasteiger partial charge in [0.05, 0.1) is 11.5 Å². The van der Waals surface area contributed by atoms with Crippen molar-refractivity contribution in [3.05, 3.63) is 54.4 Å². The van der Waals surface area contributed by atoms with E-state index in [4.69, 9.17) is 9.94 Å². The van der Waals surface area contributed by atoms with Gasteiger partial charge in [-0.05, 0) is 48.7 Å². The Hall–Kier alpha value is -2.49. The van der Waals surface area contributed by atoms with Crippen molar-refractivity contribution in [1.29, 1.82) is 0 Å². The van der Waals surface area contributed by atoms with Crippen molar-refractivity contribution in [1.82, 2.24) is 14.8 Å². The summed E-state index contributed by atoms with van der Waals surface area (Å²) >= 11 is 0. The second-order valence-corrected chi connectivity index (χ2v) is 8.37. The predicted octanol–water partition coefficient (Wildman–Crippen LogP) is 2.20. The van der Waals surface area contributed by atoms with Gasteiger partial charge in [-0.1, -0.05) is 19.9 Å². The summed E-state index contributed by atoms with van der Waals surface area (Å²) in [6.45, 7) is 5.65. The number of benzene rings is 1. The van der Waals surface area contributed by atoms with Crippen LogP contribution in [0.4, 0.5) is 0 Å². The molecule has 1 aromatic heterocycles. The van der Waals surface area contributed by atoms with E-state index >= 15 is 0 Å². The van der Waals surface area contributed by atoms with Gasteiger partial charge in [0.1, 0.15) is 11.8 Å². The van der Waals surface area contributed by atoms with Crippen molar-refractivity contribution >= 4 is 15.9 Å². The van der Waals surface area contributed by atoms with Gasteiger partial charge >= 0.3 is 0 Å². The van der Waals surface area contributed by atoms with Crippen molar-refractivity contribution in [3.63, 3.8) is 0 Å². The minimum absolute atomic E-state index is 0.0243. The molecule has 9 heteroatoms. The highest BCUT2D eigenvalue weighted by Gasteiger charge is 2.38. The van der Waals surface area contributed by atoms with Gasteiger partial charge in [0.2, 0.25) is 10.0 Å². The second kappa shape index (κ2) is 9.63. The molecule has 28 heavy (non-hydrogen) atoms. The number of rotatable bonds is 9. The number of hydrogen-bond donors (Lipinski definition) is 2. The lowest BCUT2D eigenvalue weighted by Crippen LogP contribution is -2.51. The Kier molecular flexibility index (Phi) is 7.50. The van der Waals surface area contributed by atoms with Crippen molar-refractivity contribution < 1.29 is 23.2 Å². The molecule has 0 aliphatic heterocycles. The number of carbonyl (C=O) groups excluding carboxylic acids is 1. The Morgan fingerprint density at radius 3 is 2.43 bits per heavy atom. The number of carbonyl (C=O) groups is 1. The molecule has 0 bridgehead atoms. The van der Waals surface area contributed by atoms with Gasteiger partial charge in [0, 0.05) is 18.9 Å². The van der Waals surface area contributed by atoms with Crippen molar-refractivity contribution in [3.8, 4) is 5.75 Å². The van der Waals surface area contributed by atoms with E-state index in [1.807, 2.05) is 6.92 Å². The van der Waals surface area contributed by atoms with E-state index in [1.54, 1.807) is 49.8 Å². The van der Waals surface area contributed by atoms with Crippen molar-refractivity contribution in [2.45, 2.75) is 38.3 Å². The molecule has 2 N–H and O–H groups in total. The first-order valence-corrected chi connectivity index (χ1v) is 10.3. The van der Waals surface area contributed by atoms with Crippen LogP contribution < -0.4 is 10.2 Å². The molecule has 1 amide bonds. The Labute approximate surface area is 165 Å². The molecule has 0 aliphatic rings.